The molecule has 0 saturated heterocycles. The molecule has 3 N–H and O–H groups in total. The molecule has 0 aliphatic carbocycles. The molecular weight excluding hydrogens is 258 g/mol. The topological polar surface area (TPSA) is 92.1 Å². The molecule has 20 heavy (non-hydrogen) atoms. The highest BCUT2D eigenvalue weighted by Crippen LogP contribution is 2.05. The van der Waals surface area contributed by atoms with E-state index in [1.807, 2.05) is 18.2 Å². The van der Waals surface area contributed by atoms with Crippen molar-refractivity contribution in [2.24, 2.45) is 0 Å². The van der Waals surface area contributed by atoms with E-state index >= 15 is 0 Å². The van der Waals surface area contributed by atoms with Crippen molar-refractivity contribution in [1.29, 1.82) is 0 Å². The van der Waals surface area contributed by atoms with Crippen LogP contribution in [0.2, 0.25) is 0 Å². The van der Waals surface area contributed by atoms with Crippen LogP contribution in [0.25, 0.3) is 5.82 Å². The molecule has 2 amide bonds. The molecule has 1 unspecified atom stereocenters. The maximum Gasteiger partial charge on any atom is 0.315 e. The van der Waals surface area contributed by atoms with Gasteiger partial charge in [-0.15, -0.1) is 0 Å². The van der Waals surface area contributed by atoms with Crippen molar-refractivity contribution in [1.82, 2.24) is 25.4 Å². The number of aromatic nitrogens is 3. The molecule has 0 radical (unpaired) electrons. The van der Waals surface area contributed by atoms with Gasteiger partial charge in [0.2, 0.25) is 0 Å². The van der Waals surface area contributed by atoms with Crippen LogP contribution in [0.4, 0.5) is 4.79 Å². The second-order valence-corrected chi connectivity index (χ2v) is 4.38. The maximum absolute atomic E-state index is 11.5. The average molecular weight is 275 g/mol. The second-order valence-electron chi connectivity index (χ2n) is 4.38. The van der Waals surface area contributed by atoms with Crippen LogP contribution in [0.1, 0.15) is 12.5 Å². The number of aliphatic hydroxyl groups is 1. The Kier molecular flexibility index (Phi) is 4.67. The molecular formula is C13H17N5O2. The van der Waals surface area contributed by atoms with Gasteiger partial charge in [-0.2, -0.15) is 5.10 Å². The van der Waals surface area contributed by atoms with Gasteiger partial charge in [0, 0.05) is 25.1 Å². The van der Waals surface area contributed by atoms with Gasteiger partial charge in [-0.05, 0) is 30.7 Å². The minimum atomic E-state index is -0.316. The van der Waals surface area contributed by atoms with Crippen LogP contribution in [-0.4, -0.2) is 38.6 Å². The first kappa shape index (κ1) is 14.0. The summed E-state index contributed by atoms with van der Waals surface area (Å²) in [5.41, 5.74) is 0.914. The van der Waals surface area contributed by atoms with E-state index in [-0.39, 0.29) is 18.7 Å². The number of nitrogens with one attached hydrogen (secondary N) is 2. The molecule has 2 aromatic rings. The molecule has 7 nitrogen and oxygen atoms in total. The fraction of sp³-hybridized carbons (Fsp3) is 0.308. The Labute approximate surface area is 116 Å². The van der Waals surface area contributed by atoms with E-state index in [2.05, 4.69) is 20.7 Å². The number of nitrogens with zero attached hydrogens (tertiary/aromatic N) is 3. The van der Waals surface area contributed by atoms with Crippen molar-refractivity contribution < 1.29 is 9.90 Å². The largest absolute Gasteiger partial charge is 0.394 e. The first-order valence-corrected chi connectivity index (χ1v) is 6.29. The molecule has 0 spiro atoms. The van der Waals surface area contributed by atoms with Crippen molar-refractivity contribution >= 4 is 6.03 Å². The zero-order valence-electron chi connectivity index (χ0n) is 11.2. The molecule has 106 valence electrons. The maximum atomic E-state index is 11.5. The van der Waals surface area contributed by atoms with Crippen LogP contribution in [-0.2, 0) is 6.54 Å². The van der Waals surface area contributed by atoms with E-state index < -0.39 is 0 Å². The van der Waals surface area contributed by atoms with E-state index in [9.17, 15) is 4.79 Å². The van der Waals surface area contributed by atoms with Gasteiger partial charge in [0.25, 0.3) is 0 Å². The van der Waals surface area contributed by atoms with Crippen LogP contribution in [0, 0.1) is 0 Å². The first-order chi connectivity index (χ1) is 9.69. The van der Waals surface area contributed by atoms with Gasteiger partial charge in [-0.3, -0.25) is 0 Å². The van der Waals surface area contributed by atoms with Crippen molar-refractivity contribution in [3.8, 4) is 5.82 Å². The number of hydrogen-bond acceptors (Lipinski definition) is 4. The smallest absolute Gasteiger partial charge is 0.315 e. The van der Waals surface area contributed by atoms with Crippen LogP contribution < -0.4 is 10.6 Å². The van der Waals surface area contributed by atoms with Crippen molar-refractivity contribution in [3.63, 3.8) is 0 Å². The number of carbonyl (C=O) groups is 1. The SMILES string of the molecule is CC(CO)NC(=O)NCc1ccnc(-n2cccn2)c1. The zero-order valence-corrected chi connectivity index (χ0v) is 11.2. The number of pyridine rings is 1. The van der Waals surface area contributed by atoms with Gasteiger partial charge < -0.3 is 15.7 Å². The monoisotopic (exact) mass is 275 g/mol. The fourth-order valence-electron chi connectivity index (χ4n) is 1.60. The molecule has 0 aliphatic heterocycles. The van der Waals surface area contributed by atoms with Gasteiger partial charge in [0.05, 0.1) is 12.6 Å². The molecule has 0 aromatic carbocycles. The van der Waals surface area contributed by atoms with Gasteiger partial charge in [0.15, 0.2) is 5.82 Å². The molecule has 2 rings (SSSR count). The Bertz CT molecular complexity index is 556. The summed E-state index contributed by atoms with van der Waals surface area (Å²) < 4.78 is 1.65. The molecule has 0 bridgehead atoms. The number of hydrogen-bond donors (Lipinski definition) is 3. The first-order valence-electron chi connectivity index (χ1n) is 6.29. The Hall–Kier alpha value is -2.41. The number of aliphatic hydroxyl groups excluding tert-OH is 1. The normalized spacial score (nSPS) is 11.9. The van der Waals surface area contributed by atoms with Crippen LogP contribution >= 0.6 is 0 Å². The predicted molar refractivity (Wildman–Crippen MR) is 73.3 cm³/mol. The highest BCUT2D eigenvalue weighted by molar-refractivity contribution is 5.74. The molecule has 0 saturated carbocycles. The number of carbonyl (C=O) groups excluding carboxylic acids is 1. The Morgan fingerprint density at radius 2 is 2.35 bits per heavy atom. The van der Waals surface area contributed by atoms with Gasteiger partial charge in [0.1, 0.15) is 0 Å². The van der Waals surface area contributed by atoms with Crippen LogP contribution in [0.3, 0.4) is 0 Å². The Morgan fingerprint density at radius 3 is 3.05 bits per heavy atom. The van der Waals surface area contributed by atoms with Gasteiger partial charge in [-0.1, -0.05) is 0 Å². The molecule has 0 aliphatic rings. The third-order valence-corrected chi connectivity index (χ3v) is 2.65. The summed E-state index contributed by atoms with van der Waals surface area (Å²) in [5, 5.41) is 18.3. The quantitative estimate of drug-likeness (QED) is 0.738. The molecule has 2 aromatic heterocycles. The Balaban J connectivity index is 1.94. The van der Waals surface area contributed by atoms with Crippen molar-refractivity contribution in [2.45, 2.75) is 19.5 Å². The second kappa shape index (κ2) is 6.67. The van der Waals surface area contributed by atoms with E-state index in [0.29, 0.717) is 12.4 Å². The number of amides is 2. The van der Waals surface area contributed by atoms with Gasteiger partial charge >= 0.3 is 6.03 Å². The highest BCUT2D eigenvalue weighted by Gasteiger charge is 2.06. The molecule has 0 fully saturated rings. The summed E-state index contributed by atoms with van der Waals surface area (Å²) in [6.07, 6.45) is 5.15. The third kappa shape index (κ3) is 3.79. The fourth-order valence-corrected chi connectivity index (χ4v) is 1.60. The lowest BCUT2D eigenvalue weighted by Gasteiger charge is -2.12. The summed E-state index contributed by atoms with van der Waals surface area (Å²) in [7, 11) is 0. The summed E-state index contributed by atoms with van der Waals surface area (Å²) in [6.45, 7) is 2.01. The molecule has 1 atom stereocenters. The summed E-state index contributed by atoms with van der Waals surface area (Å²) in [5.74, 6) is 0.693. The summed E-state index contributed by atoms with van der Waals surface area (Å²) >= 11 is 0. The predicted octanol–water partition coefficient (Wildman–Crippen LogP) is 0.447. The standard InChI is InChI=1S/C13H17N5O2/c1-10(9-19)17-13(20)15-8-11-3-5-14-12(7-11)18-6-2-4-16-18/h2-7,10,19H,8-9H2,1H3,(H2,15,17,20). The summed E-state index contributed by atoms with van der Waals surface area (Å²) in [4.78, 5) is 15.7. The minimum Gasteiger partial charge on any atom is -0.394 e. The Morgan fingerprint density at radius 1 is 1.50 bits per heavy atom. The van der Waals surface area contributed by atoms with E-state index in [0.717, 1.165) is 5.56 Å². The third-order valence-electron chi connectivity index (χ3n) is 2.65. The molecule has 7 heteroatoms. The number of rotatable bonds is 5. The molecule has 2 heterocycles. The zero-order chi connectivity index (χ0) is 14.4. The highest BCUT2D eigenvalue weighted by atomic mass is 16.3. The van der Waals surface area contributed by atoms with Gasteiger partial charge in [-0.25, -0.2) is 14.5 Å². The lowest BCUT2D eigenvalue weighted by molar-refractivity contribution is 0.220. The van der Waals surface area contributed by atoms with Crippen molar-refractivity contribution in [3.05, 3.63) is 42.4 Å². The summed E-state index contributed by atoms with van der Waals surface area (Å²) in [6, 6.07) is 4.90. The lowest BCUT2D eigenvalue weighted by atomic mass is 10.2. The minimum absolute atomic E-state index is 0.0911. The number of urea groups is 1. The average Bonchev–Trinajstić information content (AvgIpc) is 2.99. The van der Waals surface area contributed by atoms with Crippen molar-refractivity contribution in [2.75, 3.05) is 6.61 Å². The van der Waals surface area contributed by atoms with Crippen LogP contribution in [0.15, 0.2) is 36.8 Å². The van der Waals surface area contributed by atoms with Crippen LogP contribution in [0.5, 0.6) is 0 Å². The van der Waals surface area contributed by atoms with E-state index in [1.54, 1.807) is 30.2 Å². The van der Waals surface area contributed by atoms with E-state index in [1.165, 1.54) is 0 Å². The van der Waals surface area contributed by atoms with E-state index in [4.69, 9.17) is 5.11 Å². The lowest BCUT2D eigenvalue weighted by Crippen LogP contribution is -2.41.